The van der Waals surface area contributed by atoms with Crippen LogP contribution < -0.4 is 10.1 Å². The molecule has 0 saturated carbocycles. The molecular formula is C19H23N3O5. The monoisotopic (exact) mass is 373 g/mol. The molecule has 0 bridgehead atoms. The van der Waals surface area contributed by atoms with Crippen LogP contribution in [0.3, 0.4) is 0 Å². The van der Waals surface area contributed by atoms with E-state index in [0.29, 0.717) is 22.7 Å². The Labute approximate surface area is 157 Å². The van der Waals surface area contributed by atoms with Crippen LogP contribution in [0.4, 0.5) is 5.69 Å². The first-order chi connectivity index (χ1) is 12.7. The molecular weight excluding hydrogens is 350 g/mol. The summed E-state index contributed by atoms with van der Waals surface area (Å²) < 4.78 is 12.1. The summed E-state index contributed by atoms with van der Waals surface area (Å²) >= 11 is 0. The molecule has 0 aliphatic heterocycles. The van der Waals surface area contributed by atoms with Gasteiger partial charge in [-0.3, -0.25) is 14.3 Å². The highest BCUT2D eigenvalue weighted by atomic mass is 16.6. The van der Waals surface area contributed by atoms with E-state index in [1.807, 2.05) is 6.92 Å². The zero-order valence-electron chi connectivity index (χ0n) is 16.0. The SMILES string of the molecule is CC(=O)c1cccc(OCC(=O)O[C@H](C)C(=O)Nc2c(C)nn(C)c2C)c1. The van der Waals surface area contributed by atoms with Crippen molar-refractivity contribution >= 4 is 23.3 Å². The lowest BCUT2D eigenvalue weighted by atomic mass is 10.1. The molecule has 1 aromatic carbocycles. The maximum atomic E-state index is 12.3. The summed E-state index contributed by atoms with van der Waals surface area (Å²) in [6.07, 6.45) is -0.997. The van der Waals surface area contributed by atoms with Crippen molar-refractivity contribution in [3.63, 3.8) is 0 Å². The van der Waals surface area contributed by atoms with Crippen LogP contribution >= 0.6 is 0 Å². The van der Waals surface area contributed by atoms with E-state index in [4.69, 9.17) is 9.47 Å². The number of nitrogens with one attached hydrogen (secondary N) is 1. The summed E-state index contributed by atoms with van der Waals surface area (Å²) in [4.78, 5) is 35.5. The fraction of sp³-hybridized carbons (Fsp3) is 0.368. The Balaban J connectivity index is 1.88. The van der Waals surface area contributed by atoms with Crippen molar-refractivity contribution < 1.29 is 23.9 Å². The molecule has 1 heterocycles. The quantitative estimate of drug-likeness (QED) is 0.590. The predicted molar refractivity (Wildman–Crippen MR) is 98.8 cm³/mol. The van der Waals surface area contributed by atoms with Gasteiger partial charge in [0, 0.05) is 12.6 Å². The van der Waals surface area contributed by atoms with Crippen LogP contribution in [0.25, 0.3) is 0 Å². The van der Waals surface area contributed by atoms with Crippen LogP contribution in [0.5, 0.6) is 5.75 Å². The minimum Gasteiger partial charge on any atom is -0.482 e. The molecule has 0 radical (unpaired) electrons. The van der Waals surface area contributed by atoms with Gasteiger partial charge in [-0.2, -0.15) is 5.10 Å². The fourth-order valence-corrected chi connectivity index (χ4v) is 2.41. The largest absolute Gasteiger partial charge is 0.482 e. The Morgan fingerprint density at radius 3 is 2.56 bits per heavy atom. The standard InChI is InChI=1S/C19H23N3O5/c1-11-18(12(2)22(5)21-11)20-19(25)14(4)27-17(24)10-26-16-8-6-7-15(9-16)13(3)23/h6-9,14H,10H2,1-5H3,(H,20,25)/t14-/m1/s1. The first-order valence-corrected chi connectivity index (χ1v) is 8.43. The topological polar surface area (TPSA) is 99.5 Å². The van der Waals surface area contributed by atoms with Gasteiger partial charge in [-0.15, -0.1) is 0 Å². The number of benzene rings is 1. The number of nitrogens with zero attached hydrogens (tertiary/aromatic N) is 2. The number of esters is 1. The molecule has 1 aromatic heterocycles. The minimum absolute atomic E-state index is 0.102. The van der Waals surface area contributed by atoms with E-state index in [2.05, 4.69) is 10.4 Å². The molecule has 1 N–H and O–H groups in total. The summed E-state index contributed by atoms with van der Waals surface area (Å²) in [5, 5.41) is 6.94. The molecule has 1 atom stereocenters. The molecule has 0 spiro atoms. The van der Waals surface area contributed by atoms with Gasteiger partial charge < -0.3 is 14.8 Å². The lowest BCUT2D eigenvalue weighted by Crippen LogP contribution is -2.32. The highest BCUT2D eigenvalue weighted by Gasteiger charge is 2.21. The zero-order chi connectivity index (χ0) is 20.1. The fourth-order valence-electron chi connectivity index (χ4n) is 2.41. The number of hydrogen-bond donors (Lipinski definition) is 1. The average Bonchev–Trinajstić information content (AvgIpc) is 2.86. The van der Waals surface area contributed by atoms with Crippen LogP contribution in [0.15, 0.2) is 24.3 Å². The van der Waals surface area contributed by atoms with E-state index < -0.39 is 18.0 Å². The Morgan fingerprint density at radius 2 is 1.96 bits per heavy atom. The van der Waals surface area contributed by atoms with Gasteiger partial charge in [-0.25, -0.2) is 4.79 Å². The summed E-state index contributed by atoms with van der Waals surface area (Å²) in [5.74, 6) is -0.876. The second-order valence-electron chi connectivity index (χ2n) is 6.16. The van der Waals surface area contributed by atoms with Gasteiger partial charge in [-0.05, 0) is 39.8 Å². The zero-order valence-corrected chi connectivity index (χ0v) is 16.0. The number of anilines is 1. The summed E-state index contributed by atoms with van der Waals surface area (Å²) in [6.45, 7) is 6.16. The molecule has 8 heteroatoms. The van der Waals surface area contributed by atoms with Gasteiger partial charge in [-0.1, -0.05) is 12.1 Å². The molecule has 2 aromatic rings. The molecule has 0 unspecified atom stereocenters. The Hall–Kier alpha value is -3.16. The van der Waals surface area contributed by atoms with E-state index in [-0.39, 0.29) is 12.4 Å². The number of amides is 1. The number of carbonyl (C=O) groups is 3. The summed E-state index contributed by atoms with van der Waals surface area (Å²) in [5.41, 5.74) is 2.56. The lowest BCUT2D eigenvalue weighted by molar-refractivity contribution is -0.155. The number of hydrogen-bond acceptors (Lipinski definition) is 6. The van der Waals surface area contributed by atoms with Gasteiger partial charge in [0.2, 0.25) is 0 Å². The number of aryl methyl sites for hydroxylation is 2. The predicted octanol–water partition coefficient (Wildman–Crippen LogP) is 2.19. The first kappa shape index (κ1) is 20.2. The van der Waals surface area contributed by atoms with Crippen molar-refractivity contribution in [2.75, 3.05) is 11.9 Å². The van der Waals surface area contributed by atoms with Gasteiger partial charge in [0.1, 0.15) is 5.75 Å². The van der Waals surface area contributed by atoms with E-state index in [9.17, 15) is 14.4 Å². The van der Waals surface area contributed by atoms with Crippen LogP contribution in [0, 0.1) is 13.8 Å². The Morgan fingerprint density at radius 1 is 1.26 bits per heavy atom. The number of Topliss-reactive ketones (excluding diaryl/α,β-unsaturated/α-hetero) is 1. The van der Waals surface area contributed by atoms with Gasteiger partial charge >= 0.3 is 5.97 Å². The summed E-state index contributed by atoms with van der Waals surface area (Å²) in [7, 11) is 1.78. The summed E-state index contributed by atoms with van der Waals surface area (Å²) in [6, 6.07) is 6.48. The Bertz CT molecular complexity index is 872. The van der Waals surface area contributed by atoms with E-state index in [0.717, 1.165) is 5.69 Å². The molecule has 0 fully saturated rings. The number of ether oxygens (including phenoxy) is 2. The van der Waals surface area contributed by atoms with E-state index in [1.54, 1.807) is 42.9 Å². The molecule has 0 aliphatic rings. The third-order valence-electron chi connectivity index (χ3n) is 4.03. The van der Waals surface area contributed by atoms with Crippen LogP contribution in [0.2, 0.25) is 0 Å². The van der Waals surface area contributed by atoms with E-state index >= 15 is 0 Å². The molecule has 144 valence electrons. The average molecular weight is 373 g/mol. The van der Waals surface area contributed by atoms with Gasteiger partial charge in [0.25, 0.3) is 5.91 Å². The molecule has 0 aliphatic carbocycles. The normalized spacial score (nSPS) is 11.6. The second kappa shape index (κ2) is 8.48. The van der Waals surface area contributed by atoms with Crippen molar-refractivity contribution in [2.45, 2.75) is 33.8 Å². The van der Waals surface area contributed by atoms with Crippen LogP contribution in [-0.2, 0) is 21.4 Å². The second-order valence-corrected chi connectivity index (χ2v) is 6.16. The maximum Gasteiger partial charge on any atom is 0.344 e. The number of aromatic nitrogens is 2. The van der Waals surface area contributed by atoms with Crippen molar-refractivity contribution in [1.29, 1.82) is 0 Å². The number of ketones is 1. The first-order valence-electron chi connectivity index (χ1n) is 8.43. The molecule has 8 nitrogen and oxygen atoms in total. The molecule has 0 saturated heterocycles. The third-order valence-corrected chi connectivity index (χ3v) is 4.03. The highest BCUT2D eigenvalue weighted by Crippen LogP contribution is 2.19. The Kier molecular flexibility index (Phi) is 6.33. The highest BCUT2D eigenvalue weighted by molar-refractivity contribution is 5.96. The van der Waals surface area contributed by atoms with Crippen LogP contribution in [0.1, 0.15) is 35.6 Å². The lowest BCUT2D eigenvalue weighted by Gasteiger charge is -2.14. The number of carbonyl (C=O) groups excluding carboxylic acids is 3. The van der Waals surface area contributed by atoms with Crippen molar-refractivity contribution in [1.82, 2.24) is 9.78 Å². The van der Waals surface area contributed by atoms with Crippen molar-refractivity contribution in [3.8, 4) is 5.75 Å². The number of rotatable bonds is 7. The molecule has 27 heavy (non-hydrogen) atoms. The third kappa shape index (κ3) is 5.16. The van der Waals surface area contributed by atoms with Gasteiger partial charge in [0.05, 0.1) is 17.1 Å². The smallest absolute Gasteiger partial charge is 0.344 e. The molecule has 1 amide bonds. The van der Waals surface area contributed by atoms with E-state index in [1.165, 1.54) is 13.8 Å². The van der Waals surface area contributed by atoms with Gasteiger partial charge in [0.15, 0.2) is 18.5 Å². The minimum atomic E-state index is -0.997. The molecule has 2 rings (SSSR count). The van der Waals surface area contributed by atoms with Crippen molar-refractivity contribution in [3.05, 3.63) is 41.2 Å². The van der Waals surface area contributed by atoms with Crippen molar-refractivity contribution in [2.24, 2.45) is 7.05 Å². The maximum absolute atomic E-state index is 12.3. The van der Waals surface area contributed by atoms with Crippen LogP contribution in [-0.4, -0.2) is 40.2 Å².